The van der Waals surface area contributed by atoms with Crippen LogP contribution in [0, 0.1) is 0 Å². The zero-order valence-electron chi connectivity index (χ0n) is 11.4. The van der Waals surface area contributed by atoms with Crippen molar-refractivity contribution in [2.75, 3.05) is 36.8 Å². The lowest BCUT2D eigenvalue weighted by Gasteiger charge is -2.34. The van der Waals surface area contributed by atoms with Gasteiger partial charge in [0.15, 0.2) is 0 Å². The molecule has 0 radical (unpaired) electrons. The fourth-order valence-electron chi connectivity index (χ4n) is 2.44. The molecule has 1 aliphatic rings. The summed E-state index contributed by atoms with van der Waals surface area (Å²) in [6, 6.07) is 10.6. The van der Waals surface area contributed by atoms with Gasteiger partial charge in [-0.1, -0.05) is 30.3 Å². The van der Waals surface area contributed by atoms with Crippen LogP contribution in [0.25, 0.3) is 0 Å². The van der Waals surface area contributed by atoms with E-state index < -0.39 is 0 Å². The lowest BCUT2D eigenvalue weighted by atomic mass is 10.2. The molecule has 2 heterocycles. The molecule has 0 unspecified atom stereocenters. The van der Waals surface area contributed by atoms with E-state index in [-0.39, 0.29) is 0 Å². The number of aromatic nitrogens is 2. The van der Waals surface area contributed by atoms with Gasteiger partial charge in [-0.25, -0.2) is 9.97 Å². The van der Waals surface area contributed by atoms with Crippen LogP contribution in [0.1, 0.15) is 5.56 Å². The molecule has 2 aromatic rings. The van der Waals surface area contributed by atoms with Crippen molar-refractivity contribution in [3.05, 3.63) is 48.3 Å². The molecular formula is C15H19N5. The molecule has 3 rings (SSSR count). The summed E-state index contributed by atoms with van der Waals surface area (Å²) in [5.41, 5.74) is 7.59. The Labute approximate surface area is 119 Å². The van der Waals surface area contributed by atoms with Crippen molar-refractivity contribution in [1.82, 2.24) is 14.9 Å². The molecular weight excluding hydrogens is 250 g/mol. The number of hydrogen-bond acceptors (Lipinski definition) is 5. The van der Waals surface area contributed by atoms with Gasteiger partial charge >= 0.3 is 0 Å². The predicted molar refractivity (Wildman–Crippen MR) is 80.4 cm³/mol. The van der Waals surface area contributed by atoms with E-state index in [1.165, 1.54) is 5.56 Å². The Kier molecular flexibility index (Phi) is 3.78. The summed E-state index contributed by atoms with van der Waals surface area (Å²) in [6.45, 7) is 4.98. The maximum Gasteiger partial charge on any atom is 0.225 e. The summed E-state index contributed by atoms with van der Waals surface area (Å²) < 4.78 is 0. The third-order valence-corrected chi connectivity index (χ3v) is 3.56. The van der Waals surface area contributed by atoms with Crippen molar-refractivity contribution < 1.29 is 0 Å². The van der Waals surface area contributed by atoms with Crippen molar-refractivity contribution in [1.29, 1.82) is 0 Å². The summed E-state index contributed by atoms with van der Waals surface area (Å²) in [5.74, 6) is 0.776. The molecule has 0 amide bonds. The Morgan fingerprint density at radius 3 is 2.25 bits per heavy atom. The largest absolute Gasteiger partial charge is 0.396 e. The van der Waals surface area contributed by atoms with Crippen LogP contribution < -0.4 is 10.6 Å². The molecule has 1 aromatic heterocycles. The topological polar surface area (TPSA) is 58.3 Å². The molecule has 2 N–H and O–H groups in total. The van der Waals surface area contributed by atoms with Crippen molar-refractivity contribution >= 4 is 11.6 Å². The first-order valence-electron chi connectivity index (χ1n) is 6.90. The van der Waals surface area contributed by atoms with Gasteiger partial charge in [0, 0.05) is 32.7 Å². The van der Waals surface area contributed by atoms with Crippen molar-refractivity contribution in [3.63, 3.8) is 0 Å². The first-order chi connectivity index (χ1) is 9.81. The number of nitrogen functional groups attached to an aromatic ring is 1. The van der Waals surface area contributed by atoms with Crippen LogP contribution in [0.2, 0.25) is 0 Å². The summed E-state index contributed by atoms with van der Waals surface area (Å²) in [4.78, 5) is 13.2. The van der Waals surface area contributed by atoms with Crippen LogP contribution in [0.4, 0.5) is 11.6 Å². The molecule has 1 saturated heterocycles. The number of hydrogen-bond donors (Lipinski definition) is 1. The highest BCUT2D eigenvalue weighted by atomic mass is 15.3. The van der Waals surface area contributed by atoms with Crippen LogP contribution in [-0.4, -0.2) is 41.0 Å². The third kappa shape index (κ3) is 3.05. The highest BCUT2D eigenvalue weighted by Gasteiger charge is 2.18. The molecule has 0 aliphatic carbocycles. The van der Waals surface area contributed by atoms with Crippen LogP contribution in [0.15, 0.2) is 42.7 Å². The quantitative estimate of drug-likeness (QED) is 0.912. The molecule has 0 saturated carbocycles. The minimum absolute atomic E-state index is 0.608. The van der Waals surface area contributed by atoms with Gasteiger partial charge in [-0.15, -0.1) is 0 Å². The number of nitrogens with zero attached hydrogens (tertiary/aromatic N) is 4. The molecule has 1 aromatic carbocycles. The first-order valence-corrected chi connectivity index (χ1v) is 6.90. The highest BCUT2D eigenvalue weighted by molar-refractivity contribution is 5.38. The molecule has 1 aliphatic heterocycles. The summed E-state index contributed by atoms with van der Waals surface area (Å²) in [6.07, 6.45) is 3.33. The average Bonchev–Trinajstić information content (AvgIpc) is 2.50. The Hall–Kier alpha value is -2.14. The van der Waals surface area contributed by atoms with Crippen molar-refractivity contribution in [2.24, 2.45) is 0 Å². The van der Waals surface area contributed by atoms with E-state index >= 15 is 0 Å². The van der Waals surface area contributed by atoms with Gasteiger partial charge in [-0.05, 0) is 5.56 Å². The number of piperazine rings is 1. The summed E-state index contributed by atoms with van der Waals surface area (Å²) >= 11 is 0. The Bertz CT molecular complexity index is 532. The number of nitrogens with two attached hydrogens (primary N) is 1. The van der Waals surface area contributed by atoms with Gasteiger partial charge in [0.2, 0.25) is 5.95 Å². The SMILES string of the molecule is Nc1cnc(N2CCN(Cc3ccccc3)CC2)nc1. The van der Waals surface area contributed by atoms with Crippen LogP contribution in [-0.2, 0) is 6.54 Å². The number of rotatable bonds is 3. The standard InChI is InChI=1S/C15H19N5/c16-14-10-17-15(18-11-14)20-8-6-19(7-9-20)12-13-4-2-1-3-5-13/h1-5,10-11H,6-9,12,16H2. The molecule has 5 heteroatoms. The normalized spacial score (nSPS) is 16.3. The molecule has 0 atom stereocenters. The molecule has 20 heavy (non-hydrogen) atoms. The van der Waals surface area contributed by atoms with Gasteiger partial charge in [-0.2, -0.15) is 0 Å². The van der Waals surface area contributed by atoms with Gasteiger partial charge in [0.25, 0.3) is 0 Å². The van der Waals surface area contributed by atoms with Crippen LogP contribution in [0.3, 0.4) is 0 Å². The van der Waals surface area contributed by atoms with Crippen molar-refractivity contribution in [2.45, 2.75) is 6.54 Å². The van der Waals surface area contributed by atoms with E-state index in [4.69, 9.17) is 5.73 Å². The van der Waals surface area contributed by atoms with Crippen LogP contribution in [0.5, 0.6) is 0 Å². The lowest BCUT2D eigenvalue weighted by molar-refractivity contribution is 0.248. The Morgan fingerprint density at radius 1 is 0.950 bits per heavy atom. The van der Waals surface area contributed by atoms with E-state index in [2.05, 4.69) is 50.1 Å². The first kappa shape index (κ1) is 12.9. The van der Waals surface area contributed by atoms with Gasteiger partial charge < -0.3 is 10.6 Å². The van der Waals surface area contributed by atoms with Gasteiger partial charge in [0.05, 0.1) is 18.1 Å². The number of anilines is 2. The van der Waals surface area contributed by atoms with E-state index in [1.54, 1.807) is 12.4 Å². The van der Waals surface area contributed by atoms with Crippen molar-refractivity contribution in [3.8, 4) is 0 Å². The molecule has 0 spiro atoms. The zero-order valence-corrected chi connectivity index (χ0v) is 11.4. The molecule has 1 fully saturated rings. The number of benzene rings is 1. The maximum atomic E-state index is 5.61. The summed E-state index contributed by atoms with van der Waals surface area (Å²) in [7, 11) is 0. The molecule has 5 nitrogen and oxygen atoms in total. The minimum atomic E-state index is 0.608. The van der Waals surface area contributed by atoms with Gasteiger partial charge in [-0.3, -0.25) is 4.90 Å². The Morgan fingerprint density at radius 2 is 1.60 bits per heavy atom. The van der Waals surface area contributed by atoms with E-state index in [0.717, 1.165) is 38.7 Å². The smallest absolute Gasteiger partial charge is 0.225 e. The van der Waals surface area contributed by atoms with E-state index in [9.17, 15) is 0 Å². The fraction of sp³-hybridized carbons (Fsp3) is 0.333. The van der Waals surface area contributed by atoms with E-state index in [1.807, 2.05) is 0 Å². The lowest BCUT2D eigenvalue weighted by Crippen LogP contribution is -2.46. The second kappa shape index (κ2) is 5.88. The summed E-state index contributed by atoms with van der Waals surface area (Å²) in [5, 5.41) is 0. The average molecular weight is 269 g/mol. The fourth-order valence-corrected chi connectivity index (χ4v) is 2.44. The predicted octanol–water partition coefficient (Wildman–Crippen LogP) is 1.38. The van der Waals surface area contributed by atoms with E-state index in [0.29, 0.717) is 5.69 Å². The second-order valence-electron chi connectivity index (χ2n) is 5.07. The van der Waals surface area contributed by atoms with Gasteiger partial charge in [0.1, 0.15) is 0 Å². The maximum absolute atomic E-state index is 5.61. The zero-order chi connectivity index (χ0) is 13.8. The minimum Gasteiger partial charge on any atom is -0.396 e. The highest BCUT2D eigenvalue weighted by Crippen LogP contribution is 2.13. The monoisotopic (exact) mass is 269 g/mol. The molecule has 0 bridgehead atoms. The third-order valence-electron chi connectivity index (χ3n) is 3.56. The van der Waals surface area contributed by atoms with Crippen LogP contribution >= 0.6 is 0 Å². The second-order valence-corrected chi connectivity index (χ2v) is 5.07. The molecule has 104 valence electrons. The Balaban J connectivity index is 1.55.